The van der Waals surface area contributed by atoms with E-state index in [4.69, 9.17) is 0 Å². The van der Waals surface area contributed by atoms with Crippen molar-refractivity contribution in [1.82, 2.24) is 4.57 Å². The zero-order valence-corrected chi connectivity index (χ0v) is 10.7. The van der Waals surface area contributed by atoms with Crippen molar-refractivity contribution in [3.8, 4) is 0 Å². The van der Waals surface area contributed by atoms with Crippen molar-refractivity contribution in [3.63, 3.8) is 0 Å². The van der Waals surface area contributed by atoms with E-state index >= 15 is 0 Å². The highest BCUT2D eigenvalue weighted by atomic mass is 79.9. The van der Waals surface area contributed by atoms with Crippen LogP contribution in [0.2, 0.25) is 0 Å². The van der Waals surface area contributed by atoms with Crippen molar-refractivity contribution in [2.75, 3.05) is 0 Å². The maximum atomic E-state index is 12.0. The quantitative estimate of drug-likeness (QED) is 0.723. The van der Waals surface area contributed by atoms with Gasteiger partial charge in [-0.3, -0.25) is 4.79 Å². The first kappa shape index (κ1) is 10.1. The molecule has 0 amide bonds. The van der Waals surface area contributed by atoms with Gasteiger partial charge in [-0.25, -0.2) is 0 Å². The molecule has 2 aromatic rings. The minimum absolute atomic E-state index is 0.296. The molecule has 0 atom stereocenters. The topological polar surface area (TPSA) is 22.0 Å². The maximum Gasteiger partial charge on any atom is 0.165 e. The van der Waals surface area contributed by atoms with Crippen LogP contribution in [0, 0.1) is 0 Å². The van der Waals surface area contributed by atoms with Crippen LogP contribution >= 0.6 is 15.9 Å². The number of rotatable bonds is 0. The predicted octanol–water partition coefficient (Wildman–Crippen LogP) is 3.46. The van der Waals surface area contributed by atoms with Crippen molar-refractivity contribution in [3.05, 3.63) is 33.9 Å². The molecule has 1 aromatic heterocycles. The molecule has 0 bridgehead atoms. The fourth-order valence-corrected chi connectivity index (χ4v) is 2.98. The monoisotopic (exact) mass is 277 g/mol. The molecule has 0 aliphatic heterocycles. The Bertz CT molecular complexity index is 597. The molecule has 1 aliphatic carbocycles. The van der Waals surface area contributed by atoms with E-state index < -0.39 is 0 Å². The van der Waals surface area contributed by atoms with Gasteiger partial charge in [0.05, 0.1) is 0 Å². The van der Waals surface area contributed by atoms with Crippen LogP contribution in [0.5, 0.6) is 0 Å². The number of Topliss-reactive ketones (excluding diaryl/α,β-unsaturated/α-hetero) is 1. The first-order chi connectivity index (χ1) is 7.68. The molecule has 1 heterocycles. The summed E-state index contributed by atoms with van der Waals surface area (Å²) in [5.41, 5.74) is 3.30. The van der Waals surface area contributed by atoms with Gasteiger partial charge in [0, 0.05) is 40.1 Å². The van der Waals surface area contributed by atoms with E-state index in [0.717, 1.165) is 33.8 Å². The van der Waals surface area contributed by atoms with Gasteiger partial charge >= 0.3 is 0 Å². The number of nitrogens with zero attached hydrogens (tertiary/aromatic N) is 1. The number of aryl methyl sites for hydroxylation is 1. The molecule has 0 saturated carbocycles. The maximum absolute atomic E-state index is 12.0. The zero-order chi connectivity index (χ0) is 11.3. The van der Waals surface area contributed by atoms with Crippen molar-refractivity contribution in [1.29, 1.82) is 0 Å². The minimum atomic E-state index is 0.296. The first-order valence-electron chi connectivity index (χ1n) is 5.48. The number of hydrogen-bond acceptors (Lipinski definition) is 1. The molecule has 0 N–H and O–H groups in total. The summed E-state index contributed by atoms with van der Waals surface area (Å²) in [5.74, 6) is 0.296. The van der Waals surface area contributed by atoms with Gasteiger partial charge in [0.25, 0.3) is 0 Å². The second-order valence-corrected chi connectivity index (χ2v) is 5.23. The molecule has 1 aromatic carbocycles. The first-order valence-corrected chi connectivity index (χ1v) is 6.28. The van der Waals surface area contributed by atoms with E-state index in [-0.39, 0.29) is 0 Å². The number of carbonyl (C=O) groups is 1. The number of aromatic nitrogens is 1. The number of fused-ring (bicyclic) bond motifs is 3. The van der Waals surface area contributed by atoms with Crippen molar-refractivity contribution in [2.24, 2.45) is 7.05 Å². The number of halogens is 1. The Kier molecular flexibility index (Phi) is 2.18. The van der Waals surface area contributed by atoms with Gasteiger partial charge in [-0.05, 0) is 31.0 Å². The fourth-order valence-electron chi connectivity index (χ4n) is 2.61. The molecule has 82 valence electrons. The molecule has 1 aliphatic rings. The molecule has 2 nitrogen and oxygen atoms in total. The SMILES string of the molecule is Cn1c2c(c3cc(Br)ccc31)C(=O)CCC2. The lowest BCUT2D eigenvalue weighted by Crippen LogP contribution is -2.11. The molecule has 3 heteroatoms. The van der Waals surface area contributed by atoms with Crippen LogP contribution in [-0.2, 0) is 13.5 Å². The van der Waals surface area contributed by atoms with E-state index in [9.17, 15) is 4.79 Å². The van der Waals surface area contributed by atoms with Gasteiger partial charge in [0.15, 0.2) is 5.78 Å². The summed E-state index contributed by atoms with van der Waals surface area (Å²) < 4.78 is 3.19. The van der Waals surface area contributed by atoms with Crippen LogP contribution < -0.4 is 0 Å². The Labute approximate surface area is 102 Å². The van der Waals surface area contributed by atoms with Crippen LogP contribution in [0.15, 0.2) is 22.7 Å². The minimum Gasteiger partial charge on any atom is -0.347 e. The molecule has 3 rings (SSSR count). The van der Waals surface area contributed by atoms with Gasteiger partial charge in [-0.2, -0.15) is 0 Å². The van der Waals surface area contributed by atoms with Crippen molar-refractivity contribution < 1.29 is 4.79 Å². The van der Waals surface area contributed by atoms with Crippen molar-refractivity contribution in [2.45, 2.75) is 19.3 Å². The van der Waals surface area contributed by atoms with E-state index in [1.54, 1.807) is 0 Å². The summed E-state index contributed by atoms with van der Waals surface area (Å²) in [4.78, 5) is 12.0. The Morgan fingerprint density at radius 2 is 2.12 bits per heavy atom. The van der Waals surface area contributed by atoms with E-state index in [1.165, 1.54) is 5.69 Å². The smallest absolute Gasteiger partial charge is 0.165 e. The summed E-state index contributed by atoms with van der Waals surface area (Å²) in [6.07, 6.45) is 2.69. The van der Waals surface area contributed by atoms with E-state index in [1.807, 2.05) is 13.1 Å². The van der Waals surface area contributed by atoms with Gasteiger partial charge < -0.3 is 4.57 Å². The molecule has 0 fully saturated rings. The number of ketones is 1. The molecular weight excluding hydrogens is 266 g/mol. The number of carbonyl (C=O) groups excluding carboxylic acids is 1. The summed E-state index contributed by atoms with van der Waals surface area (Å²) in [6, 6.07) is 6.15. The second-order valence-electron chi connectivity index (χ2n) is 4.32. The Balaban J connectivity index is 2.45. The lowest BCUT2D eigenvalue weighted by Gasteiger charge is -2.12. The largest absolute Gasteiger partial charge is 0.347 e. The number of benzene rings is 1. The van der Waals surface area contributed by atoms with Gasteiger partial charge in [-0.1, -0.05) is 15.9 Å². The second kappa shape index (κ2) is 3.45. The molecular formula is C13H12BrNO. The lowest BCUT2D eigenvalue weighted by atomic mass is 9.94. The van der Waals surface area contributed by atoms with Crippen LogP contribution in [-0.4, -0.2) is 10.4 Å². The molecule has 0 spiro atoms. The summed E-state index contributed by atoms with van der Waals surface area (Å²) in [5, 5.41) is 1.09. The molecule has 16 heavy (non-hydrogen) atoms. The fraction of sp³-hybridized carbons (Fsp3) is 0.308. The Morgan fingerprint density at radius 1 is 1.31 bits per heavy atom. The third kappa shape index (κ3) is 1.27. The van der Waals surface area contributed by atoms with Gasteiger partial charge in [-0.15, -0.1) is 0 Å². The Hall–Kier alpha value is -1.09. The van der Waals surface area contributed by atoms with Gasteiger partial charge in [0.1, 0.15) is 0 Å². The highest BCUT2D eigenvalue weighted by molar-refractivity contribution is 9.10. The molecule has 0 radical (unpaired) electrons. The third-order valence-electron chi connectivity index (χ3n) is 3.38. The van der Waals surface area contributed by atoms with Crippen LogP contribution in [0.4, 0.5) is 0 Å². The predicted molar refractivity (Wildman–Crippen MR) is 67.9 cm³/mol. The van der Waals surface area contributed by atoms with Crippen LogP contribution in [0.25, 0.3) is 10.9 Å². The Morgan fingerprint density at radius 3 is 2.94 bits per heavy atom. The standard InChI is InChI=1S/C13H12BrNO/c1-15-10-6-5-8(14)7-9(10)13-11(15)3-2-4-12(13)16/h5-7H,2-4H2,1H3. The number of hydrogen-bond donors (Lipinski definition) is 0. The highest BCUT2D eigenvalue weighted by Crippen LogP contribution is 2.32. The lowest BCUT2D eigenvalue weighted by molar-refractivity contribution is 0.0973. The van der Waals surface area contributed by atoms with Crippen LogP contribution in [0.1, 0.15) is 28.9 Å². The molecule has 0 unspecified atom stereocenters. The average molecular weight is 278 g/mol. The van der Waals surface area contributed by atoms with Crippen molar-refractivity contribution >= 4 is 32.6 Å². The third-order valence-corrected chi connectivity index (χ3v) is 3.87. The zero-order valence-electron chi connectivity index (χ0n) is 9.09. The van der Waals surface area contributed by atoms with E-state index in [2.05, 4.69) is 32.6 Å². The summed E-state index contributed by atoms with van der Waals surface area (Å²) in [7, 11) is 2.05. The highest BCUT2D eigenvalue weighted by Gasteiger charge is 2.24. The average Bonchev–Trinajstić information content (AvgIpc) is 2.54. The van der Waals surface area contributed by atoms with E-state index in [0.29, 0.717) is 12.2 Å². The normalized spacial score (nSPS) is 15.5. The molecule has 0 saturated heterocycles. The van der Waals surface area contributed by atoms with Gasteiger partial charge in [0.2, 0.25) is 0 Å². The summed E-state index contributed by atoms with van der Waals surface area (Å²) in [6.45, 7) is 0. The summed E-state index contributed by atoms with van der Waals surface area (Å²) >= 11 is 3.47. The van der Waals surface area contributed by atoms with Crippen LogP contribution in [0.3, 0.4) is 0 Å².